The molecule has 0 saturated heterocycles. The van der Waals surface area contributed by atoms with E-state index in [1.807, 2.05) is 0 Å². The number of aliphatic imine (C=N–C) groups is 1. The molecule has 1 aromatic carbocycles. The number of rotatable bonds is 5. The molecule has 0 radical (unpaired) electrons. The number of pyridine rings is 1. The number of nitrogens with two attached hydrogens (primary N) is 1. The number of aromatic amines is 1. The van der Waals surface area contributed by atoms with Gasteiger partial charge in [-0.15, -0.1) is 0 Å². The van der Waals surface area contributed by atoms with Gasteiger partial charge >= 0.3 is 0 Å². The number of benzene rings is 1. The van der Waals surface area contributed by atoms with E-state index in [-0.39, 0.29) is 17.2 Å². The number of anilines is 2. The molecule has 0 bridgehead atoms. The molecule has 0 aliphatic rings. The van der Waals surface area contributed by atoms with Crippen LogP contribution in [-0.4, -0.2) is 27.3 Å². The quantitative estimate of drug-likeness (QED) is 0.467. The summed E-state index contributed by atoms with van der Waals surface area (Å²) in [4.78, 5) is 20.0. The first kappa shape index (κ1) is 16.9. The van der Waals surface area contributed by atoms with Gasteiger partial charge in [-0.1, -0.05) is 29.3 Å². The van der Waals surface area contributed by atoms with Gasteiger partial charge in [0.15, 0.2) is 11.6 Å². The monoisotopic (exact) mass is 374 g/mol. The third kappa shape index (κ3) is 3.96. The standard InChI is InChI=1S/C16H12Cl2N6O/c17-10-4-1-5-11(7-10)22-16-12(14(19)25)15(23-24-16)21-8-9-3-2-6-20-13(9)18/h1-8H,(H2,19,25)(H2,22,23,24)/b21-8+. The normalized spacial score (nSPS) is 11.0. The molecule has 126 valence electrons. The summed E-state index contributed by atoms with van der Waals surface area (Å²) in [6.45, 7) is 0. The van der Waals surface area contributed by atoms with Crippen LogP contribution in [0.2, 0.25) is 10.2 Å². The van der Waals surface area contributed by atoms with Crippen LogP contribution >= 0.6 is 23.2 Å². The van der Waals surface area contributed by atoms with Crippen LogP contribution in [0.25, 0.3) is 0 Å². The maximum Gasteiger partial charge on any atom is 0.256 e. The molecule has 9 heteroatoms. The van der Waals surface area contributed by atoms with Crippen LogP contribution in [0, 0.1) is 0 Å². The van der Waals surface area contributed by atoms with E-state index < -0.39 is 5.91 Å². The zero-order valence-electron chi connectivity index (χ0n) is 12.7. The molecule has 25 heavy (non-hydrogen) atoms. The summed E-state index contributed by atoms with van der Waals surface area (Å²) in [7, 11) is 0. The van der Waals surface area contributed by atoms with Crippen molar-refractivity contribution in [1.82, 2.24) is 15.2 Å². The van der Waals surface area contributed by atoms with Gasteiger partial charge in [0.1, 0.15) is 10.7 Å². The van der Waals surface area contributed by atoms with E-state index in [0.717, 1.165) is 0 Å². The van der Waals surface area contributed by atoms with Crippen LogP contribution in [0.15, 0.2) is 47.6 Å². The molecule has 0 unspecified atom stereocenters. The fraction of sp³-hybridized carbons (Fsp3) is 0. The summed E-state index contributed by atoms with van der Waals surface area (Å²) in [5.41, 5.74) is 6.84. The number of halogens is 2. The molecular weight excluding hydrogens is 363 g/mol. The third-order valence-corrected chi connectivity index (χ3v) is 3.75. The topological polar surface area (TPSA) is 109 Å². The molecule has 0 spiro atoms. The number of nitrogens with one attached hydrogen (secondary N) is 2. The molecule has 2 aromatic heterocycles. The molecule has 0 aliphatic heterocycles. The Morgan fingerprint density at radius 2 is 2.12 bits per heavy atom. The minimum absolute atomic E-state index is 0.122. The average molecular weight is 375 g/mol. The average Bonchev–Trinajstić information content (AvgIpc) is 2.97. The Labute approximate surface area is 152 Å². The lowest BCUT2D eigenvalue weighted by molar-refractivity contribution is 0.100. The van der Waals surface area contributed by atoms with Crippen molar-refractivity contribution in [2.75, 3.05) is 5.32 Å². The second-order valence-electron chi connectivity index (χ2n) is 4.94. The van der Waals surface area contributed by atoms with Crippen molar-refractivity contribution >= 4 is 52.6 Å². The van der Waals surface area contributed by atoms with Crippen molar-refractivity contribution in [2.24, 2.45) is 10.7 Å². The highest BCUT2D eigenvalue weighted by Gasteiger charge is 2.18. The van der Waals surface area contributed by atoms with Crippen LogP contribution < -0.4 is 11.1 Å². The highest BCUT2D eigenvalue weighted by molar-refractivity contribution is 6.32. The number of nitrogens with zero attached hydrogens (tertiary/aromatic N) is 3. The third-order valence-electron chi connectivity index (χ3n) is 3.20. The Morgan fingerprint density at radius 1 is 1.28 bits per heavy atom. The molecule has 2 heterocycles. The first-order valence-corrected chi connectivity index (χ1v) is 7.85. The number of aromatic nitrogens is 3. The van der Waals surface area contributed by atoms with E-state index in [4.69, 9.17) is 28.9 Å². The lowest BCUT2D eigenvalue weighted by atomic mass is 10.2. The van der Waals surface area contributed by atoms with E-state index >= 15 is 0 Å². The van der Waals surface area contributed by atoms with Crippen LogP contribution in [0.1, 0.15) is 15.9 Å². The van der Waals surface area contributed by atoms with E-state index in [1.165, 1.54) is 6.21 Å². The highest BCUT2D eigenvalue weighted by atomic mass is 35.5. The second kappa shape index (κ2) is 7.33. The van der Waals surface area contributed by atoms with Gasteiger partial charge in [-0.2, -0.15) is 5.10 Å². The number of hydrogen-bond acceptors (Lipinski definition) is 5. The van der Waals surface area contributed by atoms with Crippen molar-refractivity contribution in [3.05, 3.63) is 63.9 Å². The predicted molar refractivity (Wildman–Crippen MR) is 98.3 cm³/mol. The van der Waals surface area contributed by atoms with E-state index in [9.17, 15) is 4.79 Å². The molecular formula is C16H12Cl2N6O. The van der Waals surface area contributed by atoms with Gasteiger partial charge in [0.05, 0.1) is 0 Å². The van der Waals surface area contributed by atoms with Crippen LogP contribution in [-0.2, 0) is 0 Å². The van der Waals surface area contributed by atoms with Gasteiger partial charge in [0.2, 0.25) is 0 Å². The molecule has 3 rings (SSSR count). The van der Waals surface area contributed by atoms with Crippen LogP contribution in [0.3, 0.4) is 0 Å². The zero-order chi connectivity index (χ0) is 17.8. The fourth-order valence-electron chi connectivity index (χ4n) is 2.08. The van der Waals surface area contributed by atoms with Gasteiger partial charge in [-0.25, -0.2) is 9.98 Å². The highest BCUT2D eigenvalue weighted by Crippen LogP contribution is 2.27. The Bertz CT molecular complexity index is 953. The Hall–Kier alpha value is -2.90. The van der Waals surface area contributed by atoms with E-state index in [0.29, 0.717) is 21.4 Å². The molecule has 3 aromatic rings. The lowest BCUT2D eigenvalue weighted by Gasteiger charge is -2.04. The van der Waals surface area contributed by atoms with Crippen LogP contribution in [0.5, 0.6) is 0 Å². The van der Waals surface area contributed by atoms with Gasteiger partial charge < -0.3 is 11.1 Å². The van der Waals surface area contributed by atoms with Gasteiger partial charge in [-0.3, -0.25) is 9.89 Å². The van der Waals surface area contributed by atoms with E-state index in [1.54, 1.807) is 42.6 Å². The van der Waals surface area contributed by atoms with Crippen molar-refractivity contribution in [3.8, 4) is 0 Å². The first-order chi connectivity index (χ1) is 12.0. The van der Waals surface area contributed by atoms with E-state index in [2.05, 4.69) is 25.5 Å². The van der Waals surface area contributed by atoms with Gasteiger partial charge in [0, 0.05) is 28.7 Å². The minimum atomic E-state index is -0.678. The number of primary amides is 1. The van der Waals surface area contributed by atoms with Crippen LogP contribution in [0.4, 0.5) is 17.3 Å². The number of hydrogen-bond donors (Lipinski definition) is 3. The summed E-state index contributed by atoms with van der Waals surface area (Å²) in [6, 6.07) is 10.4. The lowest BCUT2D eigenvalue weighted by Crippen LogP contribution is -2.12. The number of H-pyrrole nitrogens is 1. The number of amides is 1. The van der Waals surface area contributed by atoms with Gasteiger partial charge in [-0.05, 0) is 30.3 Å². The molecule has 1 amide bonds. The van der Waals surface area contributed by atoms with Gasteiger partial charge in [0.25, 0.3) is 5.91 Å². The predicted octanol–water partition coefficient (Wildman–Crippen LogP) is 3.70. The number of carbonyl (C=O) groups is 1. The largest absolute Gasteiger partial charge is 0.365 e. The molecule has 7 nitrogen and oxygen atoms in total. The maximum absolute atomic E-state index is 11.8. The zero-order valence-corrected chi connectivity index (χ0v) is 14.2. The van der Waals surface area contributed by atoms with Crippen molar-refractivity contribution < 1.29 is 4.79 Å². The Kier molecular flexibility index (Phi) is 4.97. The summed E-state index contributed by atoms with van der Waals surface area (Å²) < 4.78 is 0. The summed E-state index contributed by atoms with van der Waals surface area (Å²) in [5.74, 6) is -0.223. The maximum atomic E-state index is 11.8. The first-order valence-electron chi connectivity index (χ1n) is 7.10. The molecule has 0 fully saturated rings. The number of carbonyl (C=O) groups excluding carboxylic acids is 1. The molecule has 4 N–H and O–H groups in total. The molecule has 0 atom stereocenters. The van der Waals surface area contributed by atoms with Crippen molar-refractivity contribution in [2.45, 2.75) is 0 Å². The summed E-state index contributed by atoms with van der Waals surface area (Å²) in [6.07, 6.45) is 3.04. The Morgan fingerprint density at radius 3 is 2.84 bits per heavy atom. The molecule has 0 saturated carbocycles. The van der Waals surface area contributed by atoms with Crippen molar-refractivity contribution in [1.29, 1.82) is 0 Å². The molecule has 0 aliphatic carbocycles. The second-order valence-corrected chi connectivity index (χ2v) is 5.73. The fourth-order valence-corrected chi connectivity index (χ4v) is 2.44. The summed E-state index contributed by atoms with van der Waals surface area (Å²) >= 11 is 11.9. The van der Waals surface area contributed by atoms with Crippen molar-refractivity contribution in [3.63, 3.8) is 0 Å². The summed E-state index contributed by atoms with van der Waals surface area (Å²) in [5, 5.41) is 10.6. The SMILES string of the molecule is NC(=O)c1c(Nc2cccc(Cl)c2)n[nH]c1/N=C/c1cccnc1Cl. The minimum Gasteiger partial charge on any atom is -0.365 e. The smallest absolute Gasteiger partial charge is 0.256 e. The Balaban J connectivity index is 1.92.